The fourth-order valence-corrected chi connectivity index (χ4v) is 27.9. The summed E-state index contributed by atoms with van der Waals surface area (Å²) in [5, 5.41) is 126. The first kappa shape index (κ1) is 69.5. The molecule has 13 aliphatic rings. The minimum absolute atomic E-state index is 0.0109. The van der Waals surface area contributed by atoms with Gasteiger partial charge in [-0.3, -0.25) is 14.4 Å². The van der Waals surface area contributed by atoms with E-state index in [0.717, 1.165) is 41.5 Å². The van der Waals surface area contributed by atoms with E-state index in [9.17, 15) is 35.4 Å². The summed E-state index contributed by atoms with van der Waals surface area (Å²) < 4.78 is 6.52. The zero-order valence-electron chi connectivity index (χ0n) is 58.1. The Kier molecular flexibility index (Phi) is 17.7. The maximum Gasteiger partial charge on any atom is 0.314 e. The number of Topliss-reactive ketones (excluding diaryl/α,β-unsaturated/α-hetero) is 2. The number of nitrogens with one attached hydrogen (secondary N) is 3. The number of H-pyrrole nitrogens is 1. The largest absolute Gasteiger partial charge is 0.508 e. The molecule has 7 bridgehead atoms. The predicted molar refractivity (Wildman–Crippen MR) is 383 cm³/mol. The molecule has 28 unspecified atom stereocenters. The van der Waals surface area contributed by atoms with Crippen molar-refractivity contribution in [3.63, 3.8) is 0 Å². The number of nitrogens with zero attached hydrogens (tertiary/aromatic N) is 1. The van der Waals surface area contributed by atoms with Crippen molar-refractivity contribution < 1.29 is 65.1 Å². The molecule has 4 heterocycles. The van der Waals surface area contributed by atoms with E-state index in [4.69, 9.17) is 15.5 Å². The van der Waals surface area contributed by atoms with E-state index in [1.165, 1.54) is 27.2 Å². The number of phenols is 1. The normalized spacial score (nSPS) is 45.9. The zero-order chi connectivity index (χ0) is 70.6. The Bertz CT molecular complexity index is 4040. The molecule has 18 nitrogen and oxygen atoms in total. The van der Waals surface area contributed by atoms with Gasteiger partial charge in [-0.25, -0.2) is 4.99 Å². The maximum absolute atomic E-state index is 17.0. The summed E-state index contributed by atoms with van der Waals surface area (Å²) in [6.45, 7) is 7.57. The summed E-state index contributed by atoms with van der Waals surface area (Å²) in [5.41, 5.74) is 1.56. The van der Waals surface area contributed by atoms with Crippen LogP contribution in [0.15, 0.2) is 107 Å². The van der Waals surface area contributed by atoms with Crippen LogP contribution >= 0.6 is 21.6 Å². The van der Waals surface area contributed by atoms with Gasteiger partial charge in [0.1, 0.15) is 17.9 Å². The van der Waals surface area contributed by atoms with Gasteiger partial charge in [-0.05, 0) is 188 Å². The molecule has 10 aliphatic carbocycles. The fraction of sp³-hybridized carbons (Fsp3) is 0.630. The Hall–Kier alpha value is -5.88. The van der Waals surface area contributed by atoms with Gasteiger partial charge in [-0.2, -0.15) is 0 Å². The predicted octanol–water partition coefficient (Wildman–Crippen LogP) is 7.54. The number of phenolic OH excluding ortho intramolecular Hbond substituents is 1. The quantitative estimate of drug-likeness (QED) is 0.0373. The molecule has 2 saturated heterocycles. The van der Waals surface area contributed by atoms with Gasteiger partial charge in [-0.15, -0.1) is 5.92 Å². The van der Waals surface area contributed by atoms with Gasteiger partial charge in [0.05, 0.1) is 53.8 Å². The third-order valence-electron chi connectivity index (χ3n) is 29.0. The Balaban J connectivity index is 0.964. The van der Waals surface area contributed by atoms with Gasteiger partial charge in [0, 0.05) is 102 Å². The molecular formula is C81H99N5O13S2. The number of fused-ring (bicyclic) bond motifs is 12. The van der Waals surface area contributed by atoms with Gasteiger partial charge >= 0.3 is 5.97 Å². The first-order chi connectivity index (χ1) is 48.4. The number of carbonyl (C=O) groups excluding carboxylic acids is 3. The number of guanidine groups is 1. The Morgan fingerprint density at radius 2 is 1.69 bits per heavy atom. The van der Waals surface area contributed by atoms with Crippen molar-refractivity contribution in [1.82, 2.24) is 15.6 Å². The SMILES string of the molecule is CCC1OC(=O)C(c2cc[nH]c2)C1C1C#CCC2CC3(O)C4=C5NC(CO)C(=O)CC(c6ccc(O)cc6)CSSCC6C(O)C(O)CC(C)(C4C4CC7C#Cc8ccccc8CN=C(N)NCC7C3(C4)C2C(C)(O)C2(O)CCC34C7CC(C)CCC7=CC(C=CC13)C4C(C(O)O)C2)C6C5=O. The van der Waals surface area contributed by atoms with Gasteiger partial charge in [0.25, 0.3) is 0 Å². The van der Waals surface area contributed by atoms with E-state index in [-0.39, 0.29) is 99.0 Å². The van der Waals surface area contributed by atoms with Crippen LogP contribution in [0.3, 0.4) is 0 Å². The molecule has 8 fully saturated rings. The fourth-order valence-electron chi connectivity index (χ4n) is 25.1. The lowest BCUT2D eigenvalue weighted by molar-refractivity contribution is -0.260. The summed E-state index contributed by atoms with van der Waals surface area (Å²) in [6, 6.07) is 15.0. The van der Waals surface area contributed by atoms with Crippen molar-refractivity contribution in [3.8, 4) is 29.4 Å². The first-order valence-electron chi connectivity index (χ1n) is 37.4. The molecule has 101 heavy (non-hydrogen) atoms. The van der Waals surface area contributed by atoms with Crippen molar-refractivity contribution >= 4 is 45.1 Å². The van der Waals surface area contributed by atoms with Crippen LogP contribution in [0.25, 0.3) is 0 Å². The molecule has 1 aromatic heterocycles. The highest BCUT2D eigenvalue weighted by atomic mass is 33.1. The molecule has 0 amide bonds. The number of aliphatic hydroxyl groups excluding tert-OH is 4. The molecule has 14 N–H and O–H groups in total. The van der Waals surface area contributed by atoms with Crippen LogP contribution in [0.4, 0.5) is 0 Å². The smallest absolute Gasteiger partial charge is 0.314 e. The van der Waals surface area contributed by atoms with Crippen LogP contribution in [0.1, 0.15) is 145 Å². The first-order valence-corrected chi connectivity index (χ1v) is 39.8. The highest BCUT2D eigenvalue weighted by molar-refractivity contribution is 8.76. The number of rotatable bonds is 6. The lowest BCUT2D eigenvalue weighted by Crippen LogP contribution is -2.74. The number of aliphatic imine (C=N–C) groups is 1. The number of aromatic amines is 1. The second-order valence-electron chi connectivity index (χ2n) is 33.6. The molecule has 6 saturated carbocycles. The number of hydrogen-bond donors (Lipinski definition) is 13. The van der Waals surface area contributed by atoms with Crippen LogP contribution in [0.5, 0.6) is 5.75 Å². The van der Waals surface area contributed by atoms with Crippen molar-refractivity contribution in [2.75, 3.05) is 24.7 Å². The van der Waals surface area contributed by atoms with Gasteiger partial charge in [0.2, 0.25) is 0 Å². The third-order valence-corrected chi connectivity index (χ3v) is 31.6. The Morgan fingerprint density at radius 3 is 2.46 bits per heavy atom. The molecule has 16 rings (SSSR count). The van der Waals surface area contributed by atoms with Crippen molar-refractivity contribution in [2.45, 2.75) is 177 Å². The summed E-state index contributed by atoms with van der Waals surface area (Å²) in [5.74, 6) is 4.31. The average Bonchev–Trinajstić information content (AvgIpc) is 1.56. The molecule has 2 spiro atoms. The van der Waals surface area contributed by atoms with E-state index < -0.39 is 171 Å². The van der Waals surface area contributed by atoms with Crippen molar-refractivity contribution in [2.24, 2.45) is 122 Å². The number of carbonyl (C=O) groups is 3. The second kappa shape index (κ2) is 25.7. The number of ether oxygens (including phenoxy) is 1. The lowest BCUT2D eigenvalue weighted by Gasteiger charge is -2.70. The Morgan fingerprint density at radius 1 is 0.901 bits per heavy atom. The van der Waals surface area contributed by atoms with Crippen LogP contribution < -0.4 is 16.4 Å². The number of aromatic nitrogens is 1. The van der Waals surface area contributed by atoms with E-state index in [1.54, 1.807) is 31.2 Å². The van der Waals surface area contributed by atoms with Crippen LogP contribution in [-0.2, 0) is 25.7 Å². The highest BCUT2D eigenvalue weighted by Gasteiger charge is 2.81. The van der Waals surface area contributed by atoms with Crippen LogP contribution in [-0.4, -0.2) is 147 Å². The third kappa shape index (κ3) is 10.6. The average molecular weight is 1410 g/mol. The van der Waals surface area contributed by atoms with E-state index in [1.807, 2.05) is 56.6 Å². The number of allylic oxidation sites excluding steroid dienone is 5. The second-order valence-corrected chi connectivity index (χ2v) is 36.2. The number of cyclic esters (lactones) is 1. The van der Waals surface area contributed by atoms with E-state index in [0.29, 0.717) is 36.5 Å². The molecular weight excluding hydrogens is 1320 g/mol. The minimum atomic E-state index is -2.23. The lowest BCUT2D eigenvalue weighted by atomic mass is 9.35. The van der Waals surface area contributed by atoms with Gasteiger partial charge in [0.15, 0.2) is 23.8 Å². The summed E-state index contributed by atoms with van der Waals surface area (Å²) in [6.07, 6.45) is 9.04. The number of nitrogens with two attached hydrogens (primary N) is 1. The minimum Gasteiger partial charge on any atom is -0.508 e. The molecule has 3 aliphatic heterocycles. The topological polar surface area (TPSA) is 321 Å². The molecule has 3 aromatic rings. The molecule has 28 atom stereocenters. The monoisotopic (exact) mass is 1410 g/mol. The van der Waals surface area contributed by atoms with Gasteiger partial charge < -0.3 is 72.0 Å². The highest BCUT2D eigenvalue weighted by Crippen LogP contribution is 2.79. The zero-order valence-corrected chi connectivity index (χ0v) is 59.7. The van der Waals surface area contributed by atoms with Crippen molar-refractivity contribution in [3.05, 3.63) is 124 Å². The molecule has 0 radical (unpaired) electrons. The number of esters is 1. The number of aromatic hydroxyl groups is 1. The Labute approximate surface area is 599 Å². The van der Waals surface area contributed by atoms with Crippen LogP contribution in [0, 0.1) is 135 Å². The van der Waals surface area contributed by atoms with Crippen LogP contribution in [0.2, 0.25) is 0 Å². The summed E-state index contributed by atoms with van der Waals surface area (Å²) >= 11 is 0. The van der Waals surface area contributed by atoms with E-state index >= 15 is 24.9 Å². The summed E-state index contributed by atoms with van der Waals surface area (Å²) in [4.78, 5) is 55.3. The summed E-state index contributed by atoms with van der Waals surface area (Å²) in [7, 11) is 2.96. The number of ketones is 2. The molecule has 2 aromatic carbocycles. The number of benzene rings is 2. The van der Waals surface area contributed by atoms with Crippen molar-refractivity contribution in [1.29, 1.82) is 0 Å². The molecule has 20 heteroatoms. The van der Waals surface area contributed by atoms with E-state index in [2.05, 4.69) is 64.5 Å². The van der Waals surface area contributed by atoms with Gasteiger partial charge in [-0.1, -0.05) is 114 Å². The number of hydrogen-bond acceptors (Lipinski definition) is 19. The number of aliphatic hydroxyl groups is 8. The molecule has 538 valence electrons. The maximum atomic E-state index is 17.0. The standard InChI is InChI=1S/C81H99N5O13S2/c1-5-62-64(63(74(95)99-62)49-23-26-83-35-49)53-12-8-11-47-32-81(98)68-66(76(3)34-61(90)70(91)55-40-101-100-39-51(43-17-20-52(88)21-18-43)30-60(89)59(38-87)86-69(68)71(92)67(55)76)50-29-45-16-15-42-9-6-7-10-48(42)36-84-75(82)85-37-58(45)80(81,31-50)72(47)77(4,96)78(97)24-25-79-56(53)22-19-46(65(79)54(33-78)73(93)94)28-44-14-13-41(2)27-57(44)79/h6-7,9-10,17-23,26,28,35,41,45-47,50-51,53-59,61-67,70,72-73,83,86-88,90-91,93-94,96-98H,5,11,13-14,24-25,27,29-34,36-40H2,1-4H3,(H3,82,84,85).